The summed E-state index contributed by atoms with van der Waals surface area (Å²) in [6, 6.07) is -2.00. The van der Waals surface area contributed by atoms with Gasteiger partial charge in [0.15, 0.2) is 0 Å². The van der Waals surface area contributed by atoms with Gasteiger partial charge in [-0.05, 0) is 11.8 Å². The summed E-state index contributed by atoms with van der Waals surface area (Å²) in [4.78, 5) is 45.7. The molecule has 120 valence electrons. The maximum atomic E-state index is 11.9. The molecular formula is C12H20N2O5S2. The van der Waals surface area contributed by atoms with Crippen LogP contribution in [-0.2, 0) is 14.3 Å². The topological polar surface area (TPSA) is 102 Å². The minimum absolute atomic E-state index is 0.293. The highest BCUT2D eigenvalue weighted by Gasteiger charge is 2.31. The number of nitrogens with one attached hydrogen (secondary N) is 2. The fraction of sp³-hybridized carbons (Fsp3) is 0.667. The Morgan fingerprint density at radius 3 is 1.24 bits per heavy atom. The third-order valence-electron chi connectivity index (χ3n) is 2.60. The van der Waals surface area contributed by atoms with Crippen molar-refractivity contribution in [2.75, 3.05) is 0 Å². The lowest BCUT2D eigenvalue weighted by Gasteiger charge is -2.22. The summed E-state index contributed by atoms with van der Waals surface area (Å²) in [6.07, 6.45) is 0. The van der Waals surface area contributed by atoms with Gasteiger partial charge in [-0.25, -0.2) is 9.59 Å². The summed E-state index contributed by atoms with van der Waals surface area (Å²) in [5, 5.41) is 3.17. The number of hydrogen-bond donors (Lipinski definition) is 4. The average Bonchev–Trinajstić information content (AvgIpc) is 2.31. The smallest absolute Gasteiger partial charge is 0.336 e. The zero-order valence-electron chi connectivity index (χ0n) is 12.2. The van der Waals surface area contributed by atoms with E-state index in [-0.39, 0.29) is 11.8 Å². The summed E-state index contributed by atoms with van der Waals surface area (Å²) < 4.78 is 4.72. The van der Waals surface area contributed by atoms with Crippen LogP contribution in [0, 0.1) is 11.8 Å². The van der Waals surface area contributed by atoms with Crippen molar-refractivity contribution in [3.05, 3.63) is 0 Å². The molecule has 21 heavy (non-hydrogen) atoms. The van der Waals surface area contributed by atoms with E-state index in [0.29, 0.717) is 0 Å². The number of esters is 2. The molecule has 0 aromatic carbocycles. The third kappa shape index (κ3) is 7.37. The van der Waals surface area contributed by atoms with Crippen LogP contribution in [0.5, 0.6) is 0 Å². The van der Waals surface area contributed by atoms with E-state index in [9.17, 15) is 19.2 Å². The molecule has 0 saturated carbocycles. The first kappa shape index (κ1) is 19.8. The van der Waals surface area contributed by atoms with Crippen LogP contribution in [-0.4, -0.2) is 34.5 Å². The Labute approximate surface area is 134 Å². The summed E-state index contributed by atoms with van der Waals surface area (Å²) in [5.74, 6) is -2.40. The van der Waals surface area contributed by atoms with E-state index in [1.165, 1.54) is 0 Å². The van der Waals surface area contributed by atoms with Gasteiger partial charge in [-0.15, -0.1) is 0 Å². The standard InChI is InChI=1S/C12H20N2O5S2/c1-5(2)7(13-11(17)20)9(15)19-10(16)8(6(3)4)14-12(18)21/h5-8H,1-4H3,(H2,13,17,20)(H2,14,18,21)/t7-,8-/m0/s1. The average molecular weight is 336 g/mol. The Balaban J connectivity index is 4.89. The van der Waals surface area contributed by atoms with Crippen LogP contribution in [0.3, 0.4) is 0 Å². The summed E-state index contributed by atoms with van der Waals surface area (Å²) in [5.41, 5.74) is 0. The van der Waals surface area contributed by atoms with Crippen molar-refractivity contribution in [3.8, 4) is 0 Å². The Morgan fingerprint density at radius 1 is 0.762 bits per heavy atom. The number of carbonyl (C=O) groups excluding carboxylic acids is 4. The molecule has 9 heteroatoms. The summed E-state index contributed by atoms with van der Waals surface area (Å²) in [7, 11) is 0. The largest absolute Gasteiger partial charge is 0.390 e. The minimum atomic E-state index is -1.00. The number of rotatable bonds is 6. The molecule has 2 atom stereocenters. The lowest BCUT2D eigenvalue weighted by molar-refractivity contribution is -0.163. The molecule has 0 saturated heterocycles. The highest BCUT2D eigenvalue weighted by atomic mass is 32.1. The van der Waals surface area contributed by atoms with E-state index in [0.717, 1.165) is 0 Å². The predicted octanol–water partition coefficient (Wildman–Crippen LogP) is 1.38. The first-order valence-corrected chi connectivity index (χ1v) is 7.20. The molecule has 0 aromatic rings. The first-order valence-electron chi connectivity index (χ1n) is 6.30. The van der Waals surface area contributed by atoms with Gasteiger partial charge in [-0.1, -0.05) is 53.0 Å². The van der Waals surface area contributed by atoms with Gasteiger partial charge >= 0.3 is 11.9 Å². The van der Waals surface area contributed by atoms with Crippen LogP contribution >= 0.6 is 25.3 Å². The third-order valence-corrected chi connectivity index (χ3v) is 2.86. The highest BCUT2D eigenvalue weighted by Crippen LogP contribution is 2.09. The molecule has 0 bridgehead atoms. The molecule has 0 unspecified atom stereocenters. The van der Waals surface area contributed by atoms with E-state index in [4.69, 9.17) is 4.74 Å². The van der Waals surface area contributed by atoms with E-state index < -0.39 is 34.5 Å². The maximum absolute atomic E-state index is 11.9. The SMILES string of the molecule is CC(C)[C@H](NC(=O)S)C(=O)OC(=O)[C@@H](NC(=O)S)C(C)C. The summed E-state index contributed by atoms with van der Waals surface area (Å²) in [6.45, 7) is 6.70. The molecule has 2 amide bonds. The van der Waals surface area contributed by atoms with Gasteiger partial charge in [0.2, 0.25) is 0 Å². The van der Waals surface area contributed by atoms with Crippen molar-refractivity contribution in [1.82, 2.24) is 10.6 Å². The number of hydrogen-bond acceptors (Lipinski definition) is 5. The van der Waals surface area contributed by atoms with Crippen molar-refractivity contribution >= 4 is 47.7 Å². The maximum Gasteiger partial charge on any atom is 0.336 e. The number of amides is 2. The first-order chi connectivity index (χ1) is 9.56. The van der Waals surface area contributed by atoms with E-state index in [2.05, 4.69) is 35.9 Å². The van der Waals surface area contributed by atoms with Crippen molar-refractivity contribution in [1.29, 1.82) is 0 Å². The van der Waals surface area contributed by atoms with Crippen molar-refractivity contribution in [3.63, 3.8) is 0 Å². The van der Waals surface area contributed by atoms with Crippen LogP contribution in [0.15, 0.2) is 0 Å². The Hall–Kier alpha value is -1.22. The van der Waals surface area contributed by atoms with E-state index in [1.807, 2.05) is 0 Å². The lowest BCUT2D eigenvalue weighted by atomic mass is 10.0. The zero-order chi connectivity index (χ0) is 16.7. The molecule has 0 spiro atoms. The van der Waals surface area contributed by atoms with Gasteiger partial charge in [0, 0.05) is 0 Å². The molecule has 0 radical (unpaired) electrons. The van der Waals surface area contributed by atoms with Crippen LogP contribution in [0.1, 0.15) is 27.7 Å². The molecule has 0 rings (SSSR count). The quantitative estimate of drug-likeness (QED) is 0.333. The van der Waals surface area contributed by atoms with Gasteiger partial charge in [0.25, 0.3) is 10.5 Å². The van der Waals surface area contributed by atoms with Crippen LogP contribution in [0.25, 0.3) is 0 Å². The van der Waals surface area contributed by atoms with Crippen molar-refractivity contribution < 1.29 is 23.9 Å². The number of carbonyl (C=O) groups is 4. The van der Waals surface area contributed by atoms with Gasteiger partial charge in [0.1, 0.15) is 12.1 Å². The van der Waals surface area contributed by atoms with Gasteiger partial charge in [-0.2, -0.15) is 0 Å². The fourth-order valence-corrected chi connectivity index (χ4v) is 1.77. The predicted molar refractivity (Wildman–Crippen MR) is 83.4 cm³/mol. The number of ether oxygens (including phenoxy) is 1. The minimum Gasteiger partial charge on any atom is -0.390 e. The summed E-state index contributed by atoms with van der Waals surface area (Å²) >= 11 is 7.05. The zero-order valence-corrected chi connectivity index (χ0v) is 14.0. The molecule has 0 aromatic heterocycles. The van der Waals surface area contributed by atoms with E-state index >= 15 is 0 Å². The molecule has 2 N–H and O–H groups in total. The van der Waals surface area contributed by atoms with Gasteiger partial charge < -0.3 is 15.4 Å². The molecule has 0 aliphatic rings. The molecular weight excluding hydrogens is 316 g/mol. The Kier molecular flexibility index (Phi) is 8.41. The van der Waals surface area contributed by atoms with Crippen LogP contribution in [0.4, 0.5) is 9.59 Å². The Bertz CT molecular complexity index is 388. The van der Waals surface area contributed by atoms with Crippen molar-refractivity contribution in [2.45, 2.75) is 39.8 Å². The highest BCUT2D eigenvalue weighted by molar-refractivity contribution is 7.96. The van der Waals surface area contributed by atoms with Gasteiger partial charge in [-0.3, -0.25) is 9.59 Å². The second-order valence-electron chi connectivity index (χ2n) is 5.08. The Morgan fingerprint density at radius 2 is 1.05 bits per heavy atom. The van der Waals surface area contributed by atoms with Crippen molar-refractivity contribution in [2.24, 2.45) is 11.8 Å². The monoisotopic (exact) mass is 336 g/mol. The molecule has 0 fully saturated rings. The second kappa shape index (κ2) is 8.93. The molecule has 0 heterocycles. The lowest BCUT2D eigenvalue weighted by Crippen LogP contribution is -2.48. The fourth-order valence-electron chi connectivity index (χ4n) is 1.49. The van der Waals surface area contributed by atoms with Crippen LogP contribution in [0.2, 0.25) is 0 Å². The molecule has 0 aliphatic carbocycles. The number of thiol groups is 2. The molecule has 0 aliphatic heterocycles. The van der Waals surface area contributed by atoms with E-state index in [1.54, 1.807) is 27.7 Å². The molecule has 7 nitrogen and oxygen atoms in total. The second-order valence-corrected chi connectivity index (χ2v) is 5.89. The van der Waals surface area contributed by atoms with Gasteiger partial charge in [0.05, 0.1) is 0 Å². The van der Waals surface area contributed by atoms with Crippen LogP contribution < -0.4 is 10.6 Å². The normalized spacial score (nSPS) is 13.5.